The Bertz CT molecular complexity index is 680. The lowest BCUT2D eigenvalue weighted by Crippen LogP contribution is -2.36. The maximum absolute atomic E-state index is 11.3. The molecule has 0 spiro atoms. The summed E-state index contributed by atoms with van der Waals surface area (Å²) in [4.78, 5) is 31.8. The normalized spacial score (nSPS) is 10.5. The van der Waals surface area contributed by atoms with Crippen LogP contribution < -0.4 is 5.32 Å². The van der Waals surface area contributed by atoms with Gasteiger partial charge in [-0.3, -0.25) is 14.5 Å². The van der Waals surface area contributed by atoms with Gasteiger partial charge in [0.15, 0.2) is 0 Å². The van der Waals surface area contributed by atoms with Gasteiger partial charge in [-0.2, -0.15) is 0 Å². The first-order chi connectivity index (χ1) is 14.0. The van der Waals surface area contributed by atoms with Crippen LogP contribution in [0, 0.1) is 0 Å². The van der Waals surface area contributed by atoms with Crippen LogP contribution in [-0.4, -0.2) is 62.5 Å². The maximum atomic E-state index is 11.3. The number of ether oxygens (including phenoxy) is 1. The van der Waals surface area contributed by atoms with Crippen LogP contribution in [0.4, 0.5) is 0 Å². The predicted molar refractivity (Wildman–Crippen MR) is 113 cm³/mol. The number of hydrogen-bond donors (Lipinski definition) is 2. The third kappa shape index (κ3) is 12.9. The lowest BCUT2D eigenvalue weighted by molar-refractivity contribution is -0.143. The van der Waals surface area contributed by atoms with E-state index in [0.29, 0.717) is 13.0 Å². The highest BCUT2D eigenvalue weighted by Gasteiger charge is 2.16. The molecule has 0 amide bonds. The Morgan fingerprint density at radius 3 is 1.97 bits per heavy atom. The summed E-state index contributed by atoms with van der Waals surface area (Å²) in [5.41, 5.74) is 2.36. The van der Waals surface area contributed by atoms with E-state index in [4.69, 9.17) is 9.90 Å². The molecule has 0 saturated heterocycles. The Hall–Kier alpha value is -3.03. The second kappa shape index (κ2) is 17.1. The molecule has 0 radical (unpaired) electrons. The molecule has 7 nitrogen and oxygen atoms in total. The topological polar surface area (TPSA) is 95.9 Å². The minimum atomic E-state index is -0.262. The summed E-state index contributed by atoms with van der Waals surface area (Å²) in [6, 6.07) is 19.7. The Kier molecular flexibility index (Phi) is 15.3. The molecular formula is C22H30N2O5. The molecule has 2 aromatic rings. The molecule has 2 N–H and O–H groups in total. The number of methoxy groups -OCH3 is 1. The summed E-state index contributed by atoms with van der Waals surface area (Å²) in [6.07, 6.45) is 1.58. The molecule has 0 aliphatic heterocycles. The lowest BCUT2D eigenvalue weighted by atomic mass is 10.1. The second-order valence-electron chi connectivity index (χ2n) is 6.01. The molecule has 0 aliphatic carbocycles. The van der Waals surface area contributed by atoms with Crippen molar-refractivity contribution in [2.75, 3.05) is 27.7 Å². The molecule has 2 rings (SSSR count). The summed E-state index contributed by atoms with van der Waals surface area (Å²) < 4.78 is 4.67. The average molecular weight is 402 g/mol. The van der Waals surface area contributed by atoms with Crippen molar-refractivity contribution < 1.29 is 24.2 Å². The van der Waals surface area contributed by atoms with Gasteiger partial charge in [0, 0.05) is 6.54 Å². The number of carbonyl (C=O) groups excluding carboxylic acids is 2. The third-order valence-electron chi connectivity index (χ3n) is 3.80. The molecule has 0 aromatic heterocycles. The Balaban J connectivity index is 0.000000481. The first-order valence-corrected chi connectivity index (χ1v) is 9.05. The van der Waals surface area contributed by atoms with Gasteiger partial charge in [-0.25, -0.2) is 0 Å². The van der Waals surface area contributed by atoms with Gasteiger partial charge in [0.05, 0.1) is 13.7 Å². The van der Waals surface area contributed by atoms with Crippen molar-refractivity contribution >= 4 is 18.7 Å². The zero-order valence-corrected chi connectivity index (χ0v) is 17.2. The Morgan fingerprint density at radius 2 is 1.55 bits per heavy atom. The molecule has 1 atom stereocenters. The number of aldehydes is 1. The van der Waals surface area contributed by atoms with E-state index < -0.39 is 0 Å². The Labute approximate surface area is 172 Å². The van der Waals surface area contributed by atoms with E-state index in [0.717, 1.165) is 18.4 Å². The van der Waals surface area contributed by atoms with E-state index in [-0.39, 0.29) is 18.5 Å². The van der Waals surface area contributed by atoms with Gasteiger partial charge in [-0.1, -0.05) is 60.7 Å². The van der Waals surface area contributed by atoms with Crippen LogP contribution in [0.3, 0.4) is 0 Å². The monoisotopic (exact) mass is 402 g/mol. The zero-order chi connectivity index (χ0) is 21.9. The highest BCUT2D eigenvalue weighted by atomic mass is 16.5. The zero-order valence-electron chi connectivity index (χ0n) is 17.2. The van der Waals surface area contributed by atoms with Gasteiger partial charge < -0.3 is 20.0 Å². The SMILES string of the molecule is CN(CC=O)Cc1ccccc1.CNC(Cc1ccccc1)C(=O)OC.O=CO. The fourth-order valence-corrected chi connectivity index (χ4v) is 2.38. The van der Waals surface area contributed by atoms with Gasteiger partial charge in [0.25, 0.3) is 6.47 Å². The molecule has 0 aliphatic rings. The van der Waals surface area contributed by atoms with E-state index in [9.17, 15) is 9.59 Å². The van der Waals surface area contributed by atoms with E-state index in [2.05, 4.69) is 22.2 Å². The summed E-state index contributed by atoms with van der Waals surface area (Å²) in [5.74, 6) is -0.226. The van der Waals surface area contributed by atoms with Gasteiger partial charge in [-0.15, -0.1) is 0 Å². The molecular weight excluding hydrogens is 372 g/mol. The highest BCUT2D eigenvalue weighted by molar-refractivity contribution is 5.76. The summed E-state index contributed by atoms with van der Waals surface area (Å²) >= 11 is 0. The number of rotatable bonds is 8. The molecule has 0 heterocycles. The Morgan fingerprint density at radius 1 is 1.07 bits per heavy atom. The van der Waals surface area contributed by atoms with Gasteiger partial charge in [0.2, 0.25) is 0 Å². The number of nitrogens with zero attached hydrogens (tertiary/aromatic N) is 1. The van der Waals surface area contributed by atoms with Crippen molar-refractivity contribution in [2.24, 2.45) is 0 Å². The van der Waals surface area contributed by atoms with Crippen LogP contribution in [0.5, 0.6) is 0 Å². The molecule has 0 saturated carbocycles. The second-order valence-corrected chi connectivity index (χ2v) is 6.01. The number of carbonyl (C=O) groups is 3. The van der Waals surface area contributed by atoms with E-state index in [1.807, 2.05) is 60.5 Å². The fourth-order valence-electron chi connectivity index (χ4n) is 2.38. The molecule has 29 heavy (non-hydrogen) atoms. The van der Waals surface area contributed by atoms with Crippen molar-refractivity contribution in [2.45, 2.75) is 19.0 Å². The minimum absolute atomic E-state index is 0.226. The molecule has 1 unspecified atom stereocenters. The predicted octanol–water partition coefficient (Wildman–Crippen LogP) is 2.01. The number of likely N-dealkylation sites (N-methyl/N-ethyl adjacent to an activating group) is 2. The van der Waals surface area contributed by atoms with Crippen molar-refractivity contribution in [3.05, 3.63) is 71.8 Å². The molecule has 2 aromatic carbocycles. The van der Waals surface area contributed by atoms with Crippen LogP contribution >= 0.6 is 0 Å². The first-order valence-electron chi connectivity index (χ1n) is 9.05. The smallest absolute Gasteiger partial charge is 0.323 e. The van der Waals surface area contributed by atoms with Gasteiger partial charge >= 0.3 is 5.97 Å². The van der Waals surface area contributed by atoms with Crippen LogP contribution in [0.15, 0.2) is 60.7 Å². The quantitative estimate of drug-likeness (QED) is 0.515. The number of carboxylic acid groups (broad SMARTS) is 1. The van der Waals surface area contributed by atoms with Crippen molar-refractivity contribution in [1.82, 2.24) is 10.2 Å². The summed E-state index contributed by atoms with van der Waals surface area (Å²) in [7, 11) is 5.09. The number of benzene rings is 2. The molecule has 158 valence electrons. The largest absolute Gasteiger partial charge is 0.483 e. The fraction of sp³-hybridized carbons (Fsp3) is 0.318. The lowest BCUT2D eigenvalue weighted by Gasteiger charge is -2.13. The van der Waals surface area contributed by atoms with Crippen LogP contribution in [0.25, 0.3) is 0 Å². The third-order valence-corrected chi connectivity index (χ3v) is 3.80. The summed E-state index contributed by atoms with van der Waals surface area (Å²) in [5, 5.41) is 9.82. The maximum Gasteiger partial charge on any atom is 0.323 e. The molecule has 0 bridgehead atoms. The molecule has 0 fully saturated rings. The average Bonchev–Trinajstić information content (AvgIpc) is 2.74. The van der Waals surface area contributed by atoms with E-state index in [1.165, 1.54) is 12.7 Å². The first kappa shape index (κ1) is 26.0. The van der Waals surface area contributed by atoms with E-state index >= 15 is 0 Å². The van der Waals surface area contributed by atoms with Gasteiger partial charge in [-0.05, 0) is 31.6 Å². The number of hydrogen-bond acceptors (Lipinski definition) is 6. The van der Waals surface area contributed by atoms with Crippen molar-refractivity contribution in [3.8, 4) is 0 Å². The van der Waals surface area contributed by atoms with E-state index in [1.54, 1.807) is 7.05 Å². The van der Waals surface area contributed by atoms with Crippen LogP contribution in [0.1, 0.15) is 11.1 Å². The number of nitrogens with one attached hydrogen (secondary N) is 1. The highest BCUT2D eigenvalue weighted by Crippen LogP contribution is 2.04. The van der Waals surface area contributed by atoms with Gasteiger partial charge in [0.1, 0.15) is 12.3 Å². The number of esters is 1. The minimum Gasteiger partial charge on any atom is -0.483 e. The standard InChI is InChI=1S/C11H15NO2.C10H13NO.CH2O2/c1-12-10(11(13)14-2)8-9-6-4-3-5-7-9;1-11(7-8-12)9-10-5-3-2-4-6-10;2-1-3/h3-7,10,12H,8H2,1-2H3;2-6,8H,7,9H2,1H3;1H,(H,2,3). The van der Waals surface area contributed by atoms with Crippen LogP contribution in [0.2, 0.25) is 0 Å². The van der Waals surface area contributed by atoms with Crippen molar-refractivity contribution in [1.29, 1.82) is 0 Å². The van der Waals surface area contributed by atoms with Crippen LogP contribution in [-0.2, 0) is 32.1 Å². The summed E-state index contributed by atoms with van der Waals surface area (Å²) in [6.45, 7) is 1.08. The van der Waals surface area contributed by atoms with Crippen molar-refractivity contribution in [3.63, 3.8) is 0 Å². The molecule has 7 heteroatoms.